The van der Waals surface area contributed by atoms with Crippen LogP contribution in [0.15, 0.2) is 18.2 Å². The molecule has 0 spiro atoms. The Morgan fingerprint density at radius 2 is 2.00 bits per heavy atom. The molecule has 0 bridgehead atoms. The first kappa shape index (κ1) is 12.5. The maximum atomic E-state index is 13.4. The third-order valence-corrected chi connectivity index (χ3v) is 3.74. The first-order valence-electron chi connectivity index (χ1n) is 6.34. The van der Waals surface area contributed by atoms with Crippen LogP contribution in [-0.4, -0.2) is 6.04 Å². The van der Waals surface area contributed by atoms with Crippen molar-refractivity contribution in [2.24, 2.45) is 5.92 Å². The van der Waals surface area contributed by atoms with Crippen LogP contribution in [0.25, 0.3) is 0 Å². The van der Waals surface area contributed by atoms with Crippen LogP contribution in [0.4, 0.5) is 8.78 Å². The van der Waals surface area contributed by atoms with Gasteiger partial charge in [0, 0.05) is 24.2 Å². The molecule has 1 nitrogen and oxygen atoms in total. The summed E-state index contributed by atoms with van der Waals surface area (Å²) in [5, 5.41) is 3.34. The highest BCUT2D eigenvalue weighted by Crippen LogP contribution is 2.27. The van der Waals surface area contributed by atoms with Gasteiger partial charge in [-0.05, 0) is 31.7 Å². The smallest absolute Gasteiger partial charge is 0.130 e. The van der Waals surface area contributed by atoms with Crippen molar-refractivity contribution in [3.05, 3.63) is 35.4 Å². The molecule has 3 heteroatoms. The Bertz CT molecular complexity index is 372. The van der Waals surface area contributed by atoms with E-state index in [0.717, 1.165) is 6.07 Å². The Morgan fingerprint density at radius 1 is 1.29 bits per heavy atom. The predicted octanol–water partition coefficient (Wildman–Crippen LogP) is 3.63. The summed E-state index contributed by atoms with van der Waals surface area (Å²) in [6.07, 6.45) is 5.14. The van der Waals surface area contributed by atoms with E-state index >= 15 is 0 Å². The van der Waals surface area contributed by atoms with Crippen LogP contribution in [0.1, 0.15) is 38.2 Å². The van der Waals surface area contributed by atoms with Gasteiger partial charge >= 0.3 is 0 Å². The molecule has 1 aromatic rings. The fourth-order valence-electron chi connectivity index (χ4n) is 2.56. The maximum Gasteiger partial charge on any atom is 0.130 e. The Balaban J connectivity index is 1.88. The fourth-order valence-corrected chi connectivity index (χ4v) is 2.56. The van der Waals surface area contributed by atoms with Gasteiger partial charge < -0.3 is 5.32 Å². The number of benzene rings is 1. The molecule has 0 aromatic heterocycles. The molecule has 0 saturated heterocycles. The Kier molecular flexibility index (Phi) is 4.11. The lowest BCUT2D eigenvalue weighted by Gasteiger charge is -2.20. The zero-order valence-corrected chi connectivity index (χ0v) is 10.2. The van der Waals surface area contributed by atoms with E-state index in [1.165, 1.54) is 37.8 Å². The Labute approximate surface area is 101 Å². The van der Waals surface area contributed by atoms with Crippen LogP contribution in [0.5, 0.6) is 0 Å². The average Bonchev–Trinajstić information content (AvgIpc) is 2.81. The molecule has 0 radical (unpaired) electrons. The van der Waals surface area contributed by atoms with Crippen molar-refractivity contribution in [2.75, 3.05) is 0 Å². The lowest BCUT2D eigenvalue weighted by molar-refractivity contribution is 0.377. The second kappa shape index (κ2) is 5.58. The minimum Gasteiger partial charge on any atom is -0.310 e. The standard InChI is InChI=1S/C14H19F2N/c1-10(11-4-2-3-5-11)17-9-12-6-7-13(15)8-14(12)16/h6-8,10-11,17H,2-5,9H2,1H3. The van der Waals surface area contributed by atoms with E-state index in [9.17, 15) is 8.78 Å². The van der Waals surface area contributed by atoms with Gasteiger partial charge in [-0.3, -0.25) is 0 Å². The number of nitrogens with one attached hydrogen (secondary N) is 1. The summed E-state index contributed by atoms with van der Waals surface area (Å²) in [5.41, 5.74) is 0.538. The normalized spacial score (nSPS) is 18.5. The van der Waals surface area contributed by atoms with Crippen LogP contribution >= 0.6 is 0 Å². The predicted molar refractivity (Wildman–Crippen MR) is 64.6 cm³/mol. The second-order valence-corrected chi connectivity index (χ2v) is 4.95. The van der Waals surface area contributed by atoms with Gasteiger partial charge in [0.05, 0.1) is 0 Å². The van der Waals surface area contributed by atoms with Crippen molar-refractivity contribution in [2.45, 2.75) is 45.2 Å². The third kappa shape index (κ3) is 3.25. The van der Waals surface area contributed by atoms with E-state index in [-0.39, 0.29) is 0 Å². The minimum atomic E-state index is -0.518. The monoisotopic (exact) mass is 239 g/mol. The van der Waals surface area contributed by atoms with Gasteiger partial charge in [0.1, 0.15) is 11.6 Å². The number of halogens is 2. The summed E-state index contributed by atoms with van der Waals surface area (Å²) < 4.78 is 26.1. The van der Waals surface area contributed by atoms with Crippen LogP contribution in [-0.2, 0) is 6.54 Å². The highest BCUT2D eigenvalue weighted by Gasteiger charge is 2.21. The summed E-state index contributed by atoms with van der Waals surface area (Å²) in [7, 11) is 0. The maximum absolute atomic E-state index is 13.4. The molecule has 2 rings (SSSR count). The van der Waals surface area contributed by atoms with Crippen molar-refractivity contribution in [3.63, 3.8) is 0 Å². The van der Waals surface area contributed by atoms with E-state index in [0.29, 0.717) is 24.1 Å². The third-order valence-electron chi connectivity index (χ3n) is 3.74. The largest absolute Gasteiger partial charge is 0.310 e. The van der Waals surface area contributed by atoms with Gasteiger partial charge in [-0.2, -0.15) is 0 Å². The molecule has 1 aliphatic rings. The van der Waals surface area contributed by atoms with E-state index in [1.807, 2.05) is 0 Å². The van der Waals surface area contributed by atoms with Crippen molar-refractivity contribution >= 4 is 0 Å². The molecule has 1 aliphatic carbocycles. The molecule has 0 aliphatic heterocycles. The van der Waals surface area contributed by atoms with Gasteiger partial charge in [-0.25, -0.2) is 8.78 Å². The number of rotatable bonds is 4. The molecule has 1 atom stereocenters. The first-order valence-corrected chi connectivity index (χ1v) is 6.34. The molecule has 1 fully saturated rings. The molecule has 0 amide bonds. The summed E-state index contributed by atoms with van der Waals surface area (Å²) in [6, 6.07) is 4.17. The summed E-state index contributed by atoms with van der Waals surface area (Å²) in [5.74, 6) is -0.273. The highest BCUT2D eigenvalue weighted by molar-refractivity contribution is 5.18. The van der Waals surface area contributed by atoms with Gasteiger partial charge in [0.25, 0.3) is 0 Å². The van der Waals surface area contributed by atoms with E-state index < -0.39 is 11.6 Å². The van der Waals surface area contributed by atoms with Gasteiger partial charge in [0.2, 0.25) is 0 Å². The Morgan fingerprint density at radius 3 is 2.65 bits per heavy atom. The van der Waals surface area contributed by atoms with E-state index in [2.05, 4.69) is 12.2 Å². The van der Waals surface area contributed by atoms with E-state index in [1.54, 1.807) is 0 Å². The minimum absolute atomic E-state index is 0.405. The topological polar surface area (TPSA) is 12.0 Å². The number of hydrogen-bond acceptors (Lipinski definition) is 1. The summed E-state index contributed by atoms with van der Waals surface area (Å²) >= 11 is 0. The quantitative estimate of drug-likeness (QED) is 0.846. The fraction of sp³-hybridized carbons (Fsp3) is 0.571. The van der Waals surface area contributed by atoms with Gasteiger partial charge in [-0.15, -0.1) is 0 Å². The molecule has 1 N–H and O–H groups in total. The highest BCUT2D eigenvalue weighted by atomic mass is 19.1. The van der Waals surface area contributed by atoms with Crippen molar-refractivity contribution in [1.82, 2.24) is 5.32 Å². The molecular weight excluding hydrogens is 220 g/mol. The average molecular weight is 239 g/mol. The molecule has 94 valence electrons. The molecule has 1 unspecified atom stereocenters. The zero-order valence-electron chi connectivity index (χ0n) is 10.2. The van der Waals surface area contributed by atoms with Crippen molar-refractivity contribution in [1.29, 1.82) is 0 Å². The van der Waals surface area contributed by atoms with Crippen LogP contribution in [0, 0.1) is 17.6 Å². The molecule has 0 heterocycles. The Hall–Kier alpha value is -0.960. The molecular formula is C14H19F2N. The molecule has 1 saturated carbocycles. The lowest BCUT2D eigenvalue weighted by atomic mass is 9.99. The van der Waals surface area contributed by atoms with Crippen LogP contribution in [0.2, 0.25) is 0 Å². The molecule has 1 aromatic carbocycles. The van der Waals surface area contributed by atoms with Crippen molar-refractivity contribution in [3.8, 4) is 0 Å². The summed E-state index contributed by atoms with van der Waals surface area (Å²) in [6.45, 7) is 2.63. The number of hydrogen-bond donors (Lipinski definition) is 1. The van der Waals surface area contributed by atoms with Crippen molar-refractivity contribution < 1.29 is 8.78 Å². The zero-order chi connectivity index (χ0) is 12.3. The SMILES string of the molecule is CC(NCc1ccc(F)cc1F)C1CCCC1. The molecule has 17 heavy (non-hydrogen) atoms. The summed E-state index contributed by atoms with van der Waals surface area (Å²) in [4.78, 5) is 0. The van der Waals surface area contributed by atoms with E-state index in [4.69, 9.17) is 0 Å². The lowest BCUT2D eigenvalue weighted by Crippen LogP contribution is -2.32. The van der Waals surface area contributed by atoms with Crippen LogP contribution in [0.3, 0.4) is 0 Å². The van der Waals surface area contributed by atoms with Gasteiger partial charge in [0.15, 0.2) is 0 Å². The van der Waals surface area contributed by atoms with Crippen LogP contribution < -0.4 is 5.32 Å². The second-order valence-electron chi connectivity index (χ2n) is 4.95. The van der Waals surface area contributed by atoms with Gasteiger partial charge in [-0.1, -0.05) is 18.9 Å². The first-order chi connectivity index (χ1) is 8.16.